The normalized spacial score (nSPS) is 53.4. The van der Waals surface area contributed by atoms with Crippen molar-refractivity contribution in [1.29, 1.82) is 0 Å². The SMILES string of the molecule is OC[C@H]1O[C@H](O[C@H]2[C@H](O)[C@@H](O)[C@@H](OC[C@H]3O[C@H](O[C@H]4[C@H](O)[C@@H](O)[C@@H](O[C@H]5[C@H](O)[C@@H](O)C(O)O[C@@H]5CO)O[C@@H]4CO)[C@H](O)[C@@H](O)[C@@H]3O[C@H]3O[C@H](CO)[C@@H](O)[C@H](O)[C@H]3O)O[C@@H]2CO)[C@H](O)[C@@H](O)[C@@H]1O. The lowest BCUT2D eigenvalue weighted by Crippen LogP contribution is -2.68. The van der Waals surface area contributed by atoms with Crippen LogP contribution in [-0.4, -0.2) is 326 Å². The smallest absolute Gasteiger partial charge is 0.187 e. The summed E-state index contributed by atoms with van der Waals surface area (Å²) in [5, 5.41) is 209. The van der Waals surface area contributed by atoms with E-state index in [1.165, 1.54) is 0 Å². The molecule has 67 heavy (non-hydrogen) atoms. The summed E-state index contributed by atoms with van der Waals surface area (Å²) in [4.78, 5) is 0. The van der Waals surface area contributed by atoms with Crippen LogP contribution < -0.4 is 0 Å². The Balaban J connectivity index is 1.19. The predicted molar refractivity (Wildman–Crippen MR) is 199 cm³/mol. The Morgan fingerprint density at radius 3 is 0.896 bits per heavy atom. The minimum Gasteiger partial charge on any atom is -0.394 e. The topological polar surface area (TPSA) is 506 Å². The first-order valence-electron chi connectivity index (χ1n) is 21.1. The van der Waals surface area contributed by atoms with Gasteiger partial charge in [0, 0.05) is 0 Å². The summed E-state index contributed by atoms with van der Waals surface area (Å²) in [7, 11) is 0. The van der Waals surface area contributed by atoms with Gasteiger partial charge in [-0.1, -0.05) is 0 Å². The molecule has 0 amide bonds. The summed E-state index contributed by atoms with van der Waals surface area (Å²) in [5.74, 6) is 0. The van der Waals surface area contributed by atoms with Gasteiger partial charge in [-0.05, 0) is 0 Å². The van der Waals surface area contributed by atoms with Crippen LogP contribution >= 0.6 is 0 Å². The quantitative estimate of drug-likeness (QED) is 0.0683. The zero-order valence-electron chi connectivity index (χ0n) is 35.0. The average molecular weight is 991 g/mol. The number of hydrogen-bond donors (Lipinski definition) is 20. The third kappa shape index (κ3) is 11.4. The van der Waals surface area contributed by atoms with Crippen molar-refractivity contribution in [3.05, 3.63) is 0 Å². The second kappa shape index (κ2) is 23.5. The molecule has 0 radical (unpaired) electrons. The lowest BCUT2D eigenvalue weighted by molar-refractivity contribution is -0.392. The maximum absolute atomic E-state index is 11.5. The zero-order chi connectivity index (χ0) is 49.3. The predicted octanol–water partition coefficient (Wildman–Crippen LogP) is -14.1. The molecule has 6 rings (SSSR count). The number of aliphatic hydroxyl groups excluding tert-OH is 20. The number of aliphatic hydroxyl groups is 20. The van der Waals surface area contributed by atoms with Gasteiger partial charge in [-0.15, -0.1) is 0 Å². The largest absolute Gasteiger partial charge is 0.394 e. The van der Waals surface area contributed by atoms with E-state index in [9.17, 15) is 102 Å². The first kappa shape index (κ1) is 55.1. The number of hydrogen-bond acceptors (Lipinski definition) is 31. The molecule has 6 heterocycles. The molecule has 6 aliphatic rings. The van der Waals surface area contributed by atoms with Crippen molar-refractivity contribution in [2.24, 2.45) is 0 Å². The molecular weight excluding hydrogens is 928 g/mol. The second-order valence-corrected chi connectivity index (χ2v) is 16.8. The van der Waals surface area contributed by atoms with Gasteiger partial charge < -0.3 is 154 Å². The van der Waals surface area contributed by atoms with E-state index in [2.05, 4.69) is 0 Å². The Hall–Kier alpha value is -1.24. The minimum absolute atomic E-state index is 0.846. The first-order valence-corrected chi connectivity index (χ1v) is 21.1. The van der Waals surface area contributed by atoms with Crippen LogP contribution in [0.1, 0.15) is 0 Å². The van der Waals surface area contributed by atoms with Crippen LogP contribution in [-0.2, 0) is 52.1 Å². The summed E-state index contributed by atoms with van der Waals surface area (Å²) >= 11 is 0. The fourth-order valence-corrected chi connectivity index (χ4v) is 8.42. The summed E-state index contributed by atoms with van der Waals surface area (Å²) in [6, 6.07) is 0. The van der Waals surface area contributed by atoms with E-state index in [0.29, 0.717) is 0 Å². The Kier molecular flexibility index (Phi) is 19.4. The molecule has 0 spiro atoms. The van der Waals surface area contributed by atoms with Gasteiger partial charge in [0.05, 0.1) is 39.6 Å². The van der Waals surface area contributed by atoms with Crippen LogP contribution in [0.25, 0.3) is 0 Å². The summed E-state index contributed by atoms with van der Waals surface area (Å²) in [6.45, 7) is -5.60. The van der Waals surface area contributed by atoms with Crippen molar-refractivity contribution in [1.82, 2.24) is 0 Å². The Labute approximate surface area is 378 Å². The number of ether oxygens (including phenoxy) is 11. The van der Waals surface area contributed by atoms with Crippen molar-refractivity contribution < 1.29 is 154 Å². The van der Waals surface area contributed by atoms with E-state index in [1.54, 1.807) is 0 Å². The molecule has 392 valence electrons. The fourth-order valence-electron chi connectivity index (χ4n) is 8.42. The van der Waals surface area contributed by atoms with Crippen molar-refractivity contribution in [2.45, 2.75) is 184 Å². The molecule has 31 nitrogen and oxygen atoms in total. The van der Waals surface area contributed by atoms with Gasteiger partial charge in [0.15, 0.2) is 37.7 Å². The van der Waals surface area contributed by atoms with Gasteiger partial charge in [0.1, 0.15) is 146 Å². The van der Waals surface area contributed by atoms with Crippen LogP contribution in [0.4, 0.5) is 0 Å². The van der Waals surface area contributed by atoms with E-state index < -0.39 is 224 Å². The first-order chi connectivity index (χ1) is 31.7. The van der Waals surface area contributed by atoms with Gasteiger partial charge in [0.2, 0.25) is 0 Å². The molecule has 0 aromatic carbocycles. The lowest BCUT2D eigenvalue weighted by atomic mass is 9.95. The van der Waals surface area contributed by atoms with Crippen LogP contribution in [0.5, 0.6) is 0 Å². The monoisotopic (exact) mass is 990 g/mol. The molecule has 31 heteroatoms. The molecule has 6 fully saturated rings. The molecule has 0 aromatic heterocycles. The maximum atomic E-state index is 11.5. The lowest BCUT2D eigenvalue weighted by Gasteiger charge is -2.49. The van der Waals surface area contributed by atoms with Crippen LogP contribution in [0, 0.1) is 0 Å². The fraction of sp³-hybridized carbons (Fsp3) is 1.00. The van der Waals surface area contributed by atoms with Crippen molar-refractivity contribution in [3.63, 3.8) is 0 Å². The highest BCUT2D eigenvalue weighted by Gasteiger charge is 2.57. The third-order valence-corrected chi connectivity index (χ3v) is 12.4. The van der Waals surface area contributed by atoms with Crippen LogP contribution in [0.15, 0.2) is 0 Å². The molecule has 1 unspecified atom stereocenters. The van der Waals surface area contributed by atoms with Gasteiger partial charge >= 0.3 is 0 Å². The Bertz CT molecular complexity index is 1500. The van der Waals surface area contributed by atoms with Crippen LogP contribution in [0.2, 0.25) is 0 Å². The van der Waals surface area contributed by atoms with E-state index >= 15 is 0 Å². The van der Waals surface area contributed by atoms with E-state index in [4.69, 9.17) is 52.1 Å². The Morgan fingerprint density at radius 2 is 0.522 bits per heavy atom. The average Bonchev–Trinajstić information content (AvgIpc) is 3.32. The Morgan fingerprint density at radius 1 is 0.254 bits per heavy atom. The molecule has 6 aliphatic heterocycles. The molecule has 0 aromatic rings. The van der Waals surface area contributed by atoms with Gasteiger partial charge in [-0.25, -0.2) is 0 Å². The zero-order valence-corrected chi connectivity index (χ0v) is 35.0. The minimum atomic E-state index is -2.24. The molecule has 30 atom stereocenters. The summed E-state index contributed by atoms with van der Waals surface area (Å²) < 4.78 is 61.0. The van der Waals surface area contributed by atoms with Gasteiger partial charge in [-0.2, -0.15) is 0 Å². The van der Waals surface area contributed by atoms with Crippen molar-refractivity contribution >= 4 is 0 Å². The molecular formula is C36H62O31. The maximum Gasteiger partial charge on any atom is 0.187 e. The second-order valence-electron chi connectivity index (χ2n) is 16.8. The standard InChI is InChI=1S/C36H62O31/c37-1-7-13(42)15(44)22(51)33(59-7)65-28-10(4-40)61-32(24(53)18(28)47)57-6-12-30(67-34-23(52)16(45)14(43)8(2-38)60-34)20(49)26(55)36(63-12)66-29-11(5-41)62-35(25(54)19(29)48)64-27-9(3-39)58-31(56)21(50)17(27)46/h7-56H,1-6H2/t7-,8-,9-,10-,11-,12-,13-,14-,15+,16+,17-,18-,19-,20-,21-,22-,23-,24-,25-,26-,27-,28-,29-,30-,31?,32+,33-,34-,35-,36-/m1/s1. The third-order valence-electron chi connectivity index (χ3n) is 12.4. The molecule has 0 saturated carbocycles. The molecule has 0 bridgehead atoms. The van der Waals surface area contributed by atoms with Crippen molar-refractivity contribution in [3.8, 4) is 0 Å². The summed E-state index contributed by atoms with van der Waals surface area (Å²) in [5.41, 5.74) is 0. The van der Waals surface area contributed by atoms with E-state index in [0.717, 1.165) is 0 Å². The molecule has 20 N–H and O–H groups in total. The van der Waals surface area contributed by atoms with Crippen LogP contribution in [0.3, 0.4) is 0 Å². The molecule has 6 saturated heterocycles. The molecule has 0 aliphatic carbocycles. The van der Waals surface area contributed by atoms with Gasteiger partial charge in [0.25, 0.3) is 0 Å². The van der Waals surface area contributed by atoms with Gasteiger partial charge in [-0.3, -0.25) is 0 Å². The summed E-state index contributed by atoms with van der Waals surface area (Å²) in [6.07, 6.45) is -57.3. The number of rotatable bonds is 16. The highest BCUT2D eigenvalue weighted by Crippen LogP contribution is 2.36. The van der Waals surface area contributed by atoms with Crippen molar-refractivity contribution in [2.75, 3.05) is 39.6 Å². The van der Waals surface area contributed by atoms with E-state index in [-0.39, 0.29) is 0 Å². The highest BCUT2D eigenvalue weighted by molar-refractivity contribution is 4.99. The highest BCUT2D eigenvalue weighted by atomic mass is 16.8. The van der Waals surface area contributed by atoms with E-state index in [1.807, 2.05) is 0 Å².